The van der Waals surface area contributed by atoms with Crippen LogP contribution >= 0.6 is 0 Å². The van der Waals surface area contributed by atoms with Crippen molar-refractivity contribution in [2.45, 2.75) is 26.8 Å². The molecule has 0 aliphatic heterocycles. The molecule has 0 aliphatic rings. The molecule has 0 radical (unpaired) electrons. The minimum atomic E-state index is -0.340. The Balaban J connectivity index is 1.84. The van der Waals surface area contributed by atoms with E-state index in [1.807, 2.05) is 35.8 Å². The number of carbonyl (C=O) groups is 1. The Morgan fingerprint density at radius 2 is 2.21 bits per heavy atom. The molecule has 0 atom stereocenters. The van der Waals surface area contributed by atoms with E-state index in [-0.39, 0.29) is 11.6 Å². The predicted octanol–water partition coefficient (Wildman–Crippen LogP) is 3.01. The van der Waals surface area contributed by atoms with Gasteiger partial charge in [0, 0.05) is 25.8 Å². The molecule has 0 unspecified atom stereocenters. The summed E-state index contributed by atoms with van der Waals surface area (Å²) in [6, 6.07) is 9.38. The van der Waals surface area contributed by atoms with Crippen LogP contribution in [0.15, 0.2) is 34.9 Å². The number of anilines is 1. The predicted molar refractivity (Wildman–Crippen MR) is 90.0 cm³/mol. The number of carbonyl (C=O) groups excluding carboxylic acids is 1. The third kappa shape index (κ3) is 3.46. The standard InChI is InChI=1S/C17H20N4O3/c1-3-23-10-6-9-21-15-8-5-4-7-13(15)18-17(21)19-16(22)14-11-12(2)24-20-14/h4-5,7-8,11H,3,6,9-10H2,1-2H3,(H,18,19,22). The Kier molecular flexibility index (Phi) is 4.90. The second kappa shape index (κ2) is 7.27. The summed E-state index contributed by atoms with van der Waals surface area (Å²) in [5, 5.41) is 6.56. The van der Waals surface area contributed by atoms with Crippen LogP contribution in [0, 0.1) is 6.92 Å². The molecule has 2 aromatic heterocycles. The highest BCUT2D eigenvalue weighted by Crippen LogP contribution is 2.20. The van der Waals surface area contributed by atoms with Crippen molar-refractivity contribution in [3.8, 4) is 0 Å². The van der Waals surface area contributed by atoms with Gasteiger partial charge in [-0.05, 0) is 32.4 Å². The largest absolute Gasteiger partial charge is 0.382 e. The van der Waals surface area contributed by atoms with E-state index in [1.165, 1.54) is 0 Å². The Bertz CT molecular complexity index is 837. The van der Waals surface area contributed by atoms with Gasteiger partial charge in [0.2, 0.25) is 5.95 Å². The molecule has 1 N–H and O–H groups in total. The van der Waals surface area contributed by atoms with Crippen LogP contribution in [0.4, 0.5) is 5.95 Å². The van der Waals surface area contributed by atoms with Crippen molar-refractivity contribution < 1.29 is 14.1 Å². The van der Waals surface area contributed by atoms with Crippen molar-refractivity contribution in [3.05, 3.63) is 41.8 Å². The lowest BCUT2D eigenvalue weighted by Crippen LogP contribution is -2.17. The SMILES string of the molecule is CCOCCCn1c(NC(=O)c2cc(C)on2)nc2ccccc21. The van der Waals surface area contributed by atoms with Crippen LogP contribution in [-0.4, -0.2) is 33.8 Å². The normalized spacial score (nSPS) is 11.1. The van der Waals surface area contributed by atoms with E-state index in [4.69, 9.17) is 9.26 Å². The van der Waals surface area contributed by atoms with Gasteiger partial charge in [0.05, 0.1) is 11.0 Å². The van der Waals surface area contributed by atoms with Gasteiger partial charge in [-0.25, -0.2) is 4.98 Å². The molecule has 0 spiro atoms. The number of para-hydroxylation sites is 2. The Morgan fingerprint density at radius 1 is 1.38 bits per heavy atom. The number of imidazole rings is 1. The van der Waals surface area contributed by atoms with Crippen LogP contribution in [0.5, 0.6) is 0 Å². The quantitative estimate of drug-likeness (QED) is 0.674. The summed E-state index contributed by atoms with van der Waals surface area (Å²) in [4.78, 5) is 16.8. The van der Waals surface area contributed by atoms with Gasteiger partial charge in [0.1, 0.15) is 5.76 Å². The summed E-state index contributed by atoms with van der Waals surface area (Å²) in [6.07, 6.45) is 0.833. The third-order valence-electron chi connectivity index (χ3n) is 3.62. The van der Waals surface area contributed by atoms with Crippen molar-refractivity contribution in [3.63, 3.8) is 0 Å². The monoisotopic (exact) mass is 328 g/mol. The number of aromatic nitrogens is 3. The molecule has 7 nitrogen and oxygen atoms in total. The minimum absolute atomic E-state index is 0.237. The molecule has 2 heterocycles. The van der Waals surface area contributed by atoms with E-state index in [0.717, 1.165) is 17.5 Å². The Hall–Kier alpha value is -2.67. The van der Waals surface area contributed by atoms with Crippen molar-refractivity contribution in [1.29, 1.82) is 0 Å². The number of fused-ring (bicyclic) bond motifs is 1. The van der Waals surface area contributed by atoms with Crippen LogP contribution in [0.1, 0.15) is 29.6 Å². The highest BCUT2D eigenvalue weighted by atomic mass is 16.5. The number of hydrogen-bond acceptors (Lipinski definition) is 5. The number of aryl methyl sites for hydroxylation is 2. The summed E-state index contributed by atoms with van der Waals surface area (Å²) in [5.41, 5.74) is 2.04. The maximum Gasteiger partial charge on any atom is 0.280 e. The molecule has 0 fully saturated rings. The molecule has 3 rings (SSSR count). The van der Waals surface area contributed by atoms with Gasteiger partial charge in [-0.1, -0.05) is 17.3 Å². The van der Waals surface area contributed by atoms with Gasteiger partial charge in [-0.2, -0.15) is 0 Å². The van der Waals surface area contributed by atoms with Crippen LogP contribution < -0.4 is 5.32 Å². The summed E-state index contributed by atoms with van der Waals surface area (Å²) >= 11 is 0. The van der Waals surface area contributed by atoms with Crippen LogP contribution in [-0.2, 0) is 11.3 Å². The highest BCUT2D eigenvalue weighted by molar-refractivity contribution is 6.02. The number of nitrogens with one attached hydrogen (secondary N) is 1. The zero-order valence-corrected chi connectivity index (χ0v) is 13.8. The van der Waals surface area contributed by atoms with E-state index in [2.05, 4.69) is 15.5 Å². The zero-order chi connectivity index (χ0) is 16.9. The molecular formula is C17H20N4O3. The van der Waals surface area contributed by atoms with Crippen LogP contribution in [0.2, 0.25) is 0 Å². The van der Waals surface area contributed by atoms with Crippen molar-refractivity contribution in [2.24, 2.45) is 0 Å². The summed E-state index contributed by atoms with van der Waals surface area (Å²) in [7, 11) is 0. The molecule has 126 valence electrons. The lowest BCUT2D eigenvalue weighted by molar-refractivity contribution is 0.101. The summed E-state index contributed by atoms with van der Waals surface area (Å²) < 4.78 is 12.3. The van der Waals surface area contributed by atoms with Gasteiger partial charge in [0.15, 0.2) is 5.69 Å². The van der Waals surface area contributed by atoms with Gasteiger partial charge >= 0.3 is 0 Å². The second-order valence-electron chi connectivity index (χ2n) is 5.40. The fourth-order valence-corrected chi connectivity index (χ4v) is 2.51. The van der Waals surface area contributed by atoms with Gasteiger partial charge in [0.25, 0.3) is 5.91 Å². The molecule has 1 amide bonds. The molecule has 3 aromatic rings. The highest BCUT2D eigenvalue weighted by Gasteiger charge is 2.16. The average molecular weight is 328 g/mol. The molecule has 1 aromatic carbocycles. The number of ether oxygens (including phenoxy) is 1. The lowest BCUT2D eigenvalue weighted by atomic mass is 10.3. The maximum absolute atomic E-state index is 12.3. The fourth-order valence-electron chi connectivity index (χ4n) is 2.51. The molecule has 0 saturated carbocycles. The Labute approximate surface area is 139 Å². The van der Waals surface area contributed by atoms with Crippen molar-refractivity contribution in [1.82, 2.24) is 14.7 Å². The maximum atomic E-state index is 12.3. The minimum Gasteiger partial charge on any atom is -0.382 e. The molecular weight excluding hydrogens is 308 g/mol. The number of amides is 1. The molecule has 0 bridgehead atoms. The zero-order valence-electron chi connectivity index (χ0n) is 13.8. The first-order valence-corrected chi connectivity index (χ1v) is 7.96. The van der Waals surface area contributed by atoms with Crippen LogP contribution in [0.25, 0.3) is 11.0 Å². The Morgan fingerprint density at radius 3 is 2.96 bits per heavy atom. The third-order valence-corrected chi connectivity index (χ3v) is 3.62. The van der Waals surface area contributed by atoms with Crippen molar-refractivity contribution >= 4 is 22.9 Å². The number of nitrogens with zero attached hydrogens (tertiary/aromatic N) is 3. The van der Waals surface area contributed by atoms with E-state index in [1.54, 1.807) is 13.0 Å². The lowest BCUT2D eigenvalue weighted by Gasteiger charge is -2.09. The van der Waals surface area contributed by atoms with Crippen molar-refractivity contribution in [2.75, 3.05) is 18.5 Å². The van der Waals surface area contributed by atoms with E-state index >= 15 is 0 Å². The van der Waals surface area contributed by atoms with E-state index in [0.29, 0.717) is 31.5 Å². The van der Waals surface area contributed by atoms with E-state index in [9.17, 15) is 4.79 Å². The first-order valence-electron chi connectivity index (χ1n) is 7.96. The topological polar surface area (TPSA) is 82.2 Å². The smallest absolute Gasteiger partial charge is 0.280 e. The molecule has 0 aliphatic carbocycles. The van der Waals surface area contributed by atoms with Gasteiger partial charge in [-0.15, -0.1) is 0 Å². The second-order valence-corrected chi connectivity index (χ2v) is 5.40. The first kappa shape index (κ1) is 16.2. The molecule has 0 saturated heterocycles. The summed E-state index contributed by atoms with van der Waals surface area (Å²) in [6.45, 7) is 5.78. The first-order chi connectivity index (χ1) is 11.7. The van der Waals surface area contributed by atoms with E-state index < -0.39 is 0 Å². The van der Waals surface area contributed by atoms with Gasteiger partial charge < -0.3 is 13.8 Å². The number of rotatable bonds is 7. The summed E-state index contributed by atoms with van der Waals surface area (Å²) in [5.74, 6) is 0.747. The fraction of sp³-hybridized carbons (Fsp3) is 0.353. The average Bonchev–Trinajstić information content (AvgIpc) is 3.15. The molecule has 24 heavy (non-hydrogen) atoms. The number of hydrogen-bond donors (Lipinski definition) is 1. The van der Waals surface area contributed by atoms with Crippen LogP contribution in [0.3, 0.4) is 0 Å². The molecule has 7 heteroatoms. The van der Waals surface area contributed by atoms with Gasteiger partial charge in [-0.3, -0.25) is 10.1 Å². The number of benzene rings is 1.